The highest BCUT2D eigenvalue weighted by Gasteiger charge is 2.41. The molecule has 2 saturated heterocycles. The van der Waals surface area contributed by atoms with Crippen molar-refractivity contribution in [1.82, 2.24) is 15.0 Å². The lowest BCUT2D eigenvalue weighted by Crippen LogP contribution is -2.42. The first-order valence-corrected chi connectivity index (χ1v) is 6.45. The second kappa shape index (κ2) is 4.68. The molecule has 0 saturated carbocycles. The number of aromatic nitrogens is 2. The topological polar surface area (TPSA) is 79.5 Å². The van der Waals surface area contributed by atoms with E-state index in [0.29, 0.717) is 24.4 Å². The molecule has 2 aliphatic rings. The summed E-state index contributed by atoms with van der Waals surface area (Å²) in [6.45, 7) is 0.728. The molecule has 0 spiro atoms. The number of hydrogen-bond donors (Lipinski definition) is 1. The molecule has 0 aliphatic carbocycles. The fourth-order valence-corrected chi connectivity index (χ4v) is 3.48. The lowest BCUT2D eigenvalue weighted by Gasteiger charge is -2.37. The quantitative estimate of drug-likeness (QED) is 0.868. The van der Waals surface area contributed by atoms with E-state index in [1.165, 1.54) is 19.2 Å². The van der Waals surface area contributed by atoms with Crippen molar-refractivity contribution in [3.63, 3.8) is 0 Å². The molecule has 98 valence electrons. The number of hydrogen-bond acceptors (Lipinski definition) is 5. The van der Waals surface area contributed by atoms with Gasteiger partial charge in [0.2, 0.25) is 6.39 Å². The van der Waals surface area contributed by atoms with Gasteiger partial charge >= 0.3 is 5.97 Å². The normalized spacial score (nSPS) is 31.7. The van der Waals surface area contributed by atoms with Crippen LogP contribution in [0.25, 0.3) is 0 Å². The predicted molar refractivity (Wildman–Crippen MR) is 61.6 cm³/mol. The summed E-state index contributed by atoms with van der Waals surface area (Å²) < 4.78 is 4.76. The van der Waals surface area contributed by atoms with Crippen molar-refractivity contribution in [3.05, 3.63) is 12.2 Å². The molecule has 18 heavy (non-hydrogen) atoms. The van der Waals surface area contributed by atoms with Crippen LogP contribution in [0.2, 0.25) is 0 Å². The van der Waals surface area contributed by atoms with Crippen LogP contribution < -0.4 is 0 Å². The average Bonchev–Trinajstić information content (AvgIpc) is 2.88. The van der Waals surface area contributed by atoms with E-state index in [-0.39, 0.29) is 0 Å². The van der Waals surface area contributed by atoms with E-state index in [1.54, 1.807) is 0 Å². The molecule has 1 aromatic rings. The SMILES string of the molecule is O=C(O)CC1CC2CCC(C1)N2Cc1ncon1. The van der Waals surface area contributed by atoms with Crippen molar-refractivity contribution in [1.29, 1.82) is 0 Å². The summed E-state index contributed by atoms with van der Waals surface area (Å²) >= 11 is 0. The standard InChI is InChI=1S/C12H17N3O3/c16-12(17)5-8-3-9-1-2-10(4-8)15(9)6-11-13-7-18-14-11/h7-10H,1-6H2,(H,16,17). The Hall–Kier alpha value is -1.43. The van der Waals surface area contributed by atoms with Gasteiger partial charge in [-0.3, -0.25) is 9.69 Å². The van der Waals surface area contributed by atoms with Crippen molar-refractivity contribution >= 4 is 5.97 Å². The Balaban J connectivity index is 1.64. The summed E-state index contributed by atoms with van der Waals surface area (Å²) in [6, 6.07) is 0.984. The van der Waals surface area contributed by atoms with Crippen molar-refractivity contribution in [3.8, 4) is 0 Å². The van der Waals surface area contributed by atoms with E-state index >= 15 is 0 Å². The summed E-state index contributed by atoms with van der Waals surface area (Å²) in [4.78, 5) is 17.3. The monoisotopic (exact) mass is 251 g/mol. The minimum Gasteiger partial charge on any atom is -0.481 e. The van der Waals surface area contributed by atoms with Gasteiger partial charge in [0.05, 0.1) is 6.54 Å². The van der Waals surface area contributed by atoms with Gasteiger partial charge in [0.25, 0.3) is 0 Å². The summed E-state index contributed by atoms with van der Waals surface area (Å²) in [7, 11) is 0. The van der Waals surface area contributed by atoms with Gasteiger partial charge in [0, 0.05) is 18.5 Å². The Morgan fingerprint density at radius 2 is 2.17 bits per heavy atom. The summed E-state index contributed by atoms with van der Waals surface area (Å²) in [5.74, 6) is 0.385. The van der Waals surface area contributed by atoms with Gasteiger partial charge in [-0.25, -0.2) is 0 Å². The lowest BCUT2D eigenvalue weighted by atomic mass is 9.88. The molecule has 0 amide bonds. The maximum atomic E-state index is 10.8. The maximum absolute atomic E-state index is 10.8. The lowest BCUT2D eigenvalue weighted by molar-refractivity contribution is -0.138. The van der Waals surface area contributed by atoms with Gasteiger partial charge in [-0.05, 0) is 31.6 Å². The molecule has 2 unspecified atom stereocenters. The molecule has 0 aromatic carbocycles. The van der Waals surface area contributed by atoms with E-state index in [1.807, 2.05) is 0 Å². The Bertz CT molecular complexity index is 406. The van der Waals surface area contributed by atoms with Crippen molar-refractivity contribution < 1.29 is 14.4 Å². The molecule has 6 nitrogen and oxygen atoms in total. The predicted octanol–water partition coefficient (Wildman–Crippen LogP) is 1.29. The first kappa shape index (κ1) is 11.6. The zero-order valence-electron chi connectivity index (χ0n) is 10.2. The molecule has 1 N–H and O–H groups in total. The number of aliphatic carboxylic acids is 1. The Labute approximate surface area is 105 Å². The first-order valence-electron chi connectivity index (χ1n) is 6.45. The van der Waals surface area contributed by atoms with Crippen LogP contribution in [-0.2, 0) is 11.3 Å². The van der Waals surface area contributed by atoms with E-state index in [9.17, 15) is 4.79 Å². The second-order valence-electron chi connectivity index (χ2n) is 5.34. The molecule has 3 heterocycles. The van der Waals surface area contributed by atoms with E-state index in [4.69, 9.17) is 9.63 Å². The molecular formula is C12H17N3O3. The third-order valence-electron chi connectivity index (χ3n) is 4.18. The number of carboxylic acid groups (broad SMARTS) is 1. The molecule has 1 aromatic heterocycles. The van der Waals surface area contributed by atoms with Gasteiger partial charge < -0.3 is 9.63 Å². The number of piperidine rings is 1. The molecule has 2 aliphatic heterocycles. The van der Waals surface area contributed by atoms with Crippen LogP contribution in [0, 0.1) is 5.92 Å². The molecule has 3 rings (SSSR count). The highest BCUT2D eigenvalue weighted by Crippen LogP contribution is 2.40. The number of rotatable bonds is 4. The summed E-state index contributed by atoms with van der Waals surface area (Å²) in [6.07, 6.45) is 5.97. The number of carbonyl (C=O) groups is 1. The van der Waals surface area contributed by atoms with E-state index in [2.05, 4.69) is 15.0 Å². The van der Waals surface area contributed by atoms with Gasteiger partial charge in [-0.15, -0.1) is 0 Å². The van der Waals surface area contributed by atoms with Crippen LogP contribution >= 0.6 is 0 Å². The smallest absolute Gasteiger partial charge is 0.303 e. The zero-order valence-corrected chi connectivity index (χ0v) is 10.2. The van der Waals surface area contributed by atoms with Gasteiger partial charge in [-0.2, -0.15) is 4.98 Å². The van der Waals surface area contributed by atoms with Gasteiger partial charge in [0.15, 0.2) is 5.82 Å². The van der Waals surface area contributed by atoms with Crippen LogP contribution in [-0.4, -0.2) is 38.2 Å². The number of carboxylic acids is 1. The fourth-order valence-electron chi connectivity index (χ4n) is 3.48. The zero-order chi connectivity index (χ0) is 12.5. The van der Waals surface area contributed by atoms with Crippen LogP contribution in [0.4, 0.5) is 0 Å². The Kier molecular flexibility index (Phi) is 3.03. The first-order chi connectivity index (χ1) is 8.72. The molecule has 6 heteroatoms. The third kappa shape index (κ3) is 2.25. The van der Waals surface area contributed by atoms with Crippen LogP contribution in [0.15, 0.2) is 10.9 Å². The fraction of sp³-hybridized carbons (Fsp3) is 0.750. The summed E-state index contributed by atoms with van der Waals surface area (Å²) in [5.41, 5.74) is 0. The maximum Gasteiger partial charge on any atom is 0.303 e. The Morgan fingerprint density at radius 3 is 2.72 bits per heavy atom. The third-order valence-corrected chi connectivity index (χ3v) is 4.18. The van der Waals surface area contributed by atoms with E-state index < -0.39 is 5.97 Å². The number of fused-ring (bicyclic) bond motifs is 2. The minimum atomic E-state index is -0.675. The molecular weight excluding hydrogens is 234 g/mol. The van der Waals surface area contributed by atoms with Crippen molar-refractivity contribution in [2.24, 2.45) is 5.92 Å². The minimum absolute atomic E-state index is 0.309. The molecule has 2 bridgehead atoms. The molecule has 0 radical (unpaired) electrons. The van der Waals surface area contributed by atoms with Gasteiger partial charge in [-0.1, -0.05) is 5.16 Å². The van der Waals surface area contributed by atoms with Crippen LogP contribution in [0.1, 0.15) is 37.9 Å². The highest BCUT2D eigenvalue weighted by atomic mass is 16.5. The average molecular weight is 251 g/mol. The Morgan fingerprint density at radius 1 is 1.44 bits per heavy atom. The van der Waals surface area contributed by atoms with Crippen LogP contribution in [0.3, 0.4) is 0 Å². The van der Waals surface area contributed by atoms with Crippen molar-refractivity contribution in [2.75, 3.05) is 0 Å². The highest BCUT2D eigenvalue weighted by molar-refractivity contribution is 5.67. The second-order valence-corrected chi connectivity index (χ2v) is 5.34. The van der Waals surface area contributed by atoms with Gasteiger partial charge in [0.1, 0.15) is 0 Å². The molecule has 2 atom stereocenters. The largest absolute Gasteiger partial charge is 0.481 e. The summed E-state index contributed by atoms with van der Waals surface area (Å²) in [5, 5.41) is 12.7. The molecule has 2 fully saturated rings. The van der Waals surface area contributed by atoms with Crippen LogP contribution in [0.5, 0.6) is 0 Å². The van der Waals surface area contributed by atoms with Crippen molar-refractivity contribution in [2.45, 2.75) is 50.7 Å². The number of nitrogens with zero attached hydrogens (tertiary/aromatic N) is 3. The van der Waals surface area contributed by atoms with E-state index in [0.717, 1.165) is 25.2 Å².